The van der Waals surface area contributed by atoms with E-state index < -0.39 is 0 Å². The number of ether oxygens (including phenoxy) is 1. The van der Waals surface area contributed by atoms with Crippen LogP contribution in [0.3, 0.4) is 0 Å². The fourth-order valence-electron chi connectivity index (χ4n) is 1.85. The van der Waals surface area contributed by atoms with E-state index in [1.165, 1.54) is 6.20 Å². The Labute approximate surface area is 145 Å². The zero-order valence-electron chi connectivity index (χ0n) is 12.6. The van der Waals surface area contributed by atoms with Crippen molar-refractivity contribution in [2.75, 3.05) is 25.6 Å². The monoisotopic (exact) mass is 353 g/mol. The summed E-state index contributed by atoms with van der Waals surface area (Å²) in [6, 6.07) is 8.56. The van der Waals surface area contributed by atoms with Gasteiger partial charge in [-0.15, -0.1) is 0 Å². The second kappa shape index (κ2) is 8.72. The number of halogens is 2. The van der Waals surface area contributed by atoms with Crippen molar-refractivity contribution in [1.82, 2.24) is 10.3 Å². The molecule has 122 valence electrons. The summed E-state index contributed by atoms with van der Waals surface area (Å²) < 4.78 is 4.93. The largest absolute Gasteiger partial charge is 0.385 e. The molecule has 0 saturated carbocycles. The Kier molecular flexibility index (Phi) is 6.65. The van der Waals surface area contributed by atoms with Gasteiger partial charge in [0.05, 0.1) is 16.3 Å². The van der Waals surface area contributed by atoms with E-state index in [9.17, 15) is 4.79 Å². The number of aromatic nitrogens is 1. The third-order valence-electron chi connectivity index (χ3n) is 3.03. The van der Waals surface area contributed by atoms with Gasteiger partial charge in [-0.2, -0.15) is 0 Å². The highest BCUT2D eigenvalue weighted by Crippen LogP contribution is 2.27. The molecule has 0 aliphatic carbocycles. The van der Waals surface area contributed by atoms with Crippen LogP contribution in [0.4, 0.5) is 11.5 Å². The van der Waals surface area contributed by atoms with Crippen LogP contribution in [0, 0.1) is 0 Å². The van der Waals surface area contributed by atoms with Gasteiger partial charge in [-0.05, 0) is 36.8 Å². The number of anilines is 2. The molecule has 1 aromatic carbocycles. The van der Waals surface area contributed by atoms with Crippen molar-refractivity contribution in [2.45, 2.75) is 6.42 Å². The summed E-state index contributed by atoms with van der Waals surface area (Å²) in [4.78, 5) is 16.1. The molecule has 1 heterocycles. The molecule has 0 saturated heterocycles. The van der Waals surface area contributed by atoms with E-state index in [-0.39, 0.29) is 5.91 Å². The van der Waals surface area contributed by atoms with Gasteiger partial charge in [0.2, 0.25) is 0 Å². The summed E-state index contributed by atoms with van der Waals surface area (Å²) in [5.41, 5.74) is 1.19. The van der Waals surface area contributed by atoms with Gasteiger partial charge >= 0.3 is 0 Å². The highest BCUT2D eigenvalue weighted by molar-refractivity contribution is 6.36. The van der Waals surface area contributed by atoms with Crippen molar-refractivity contribution in [3.05, 3.63) is 52.1 Å². The van der Waals surface area contributed by atoms with Crippen molar-refractivity contribution in [2.24, 2.45) is 0 Å². The number of hydrogen-bond acceptors (Lipinski definition) is 4. The van der Waals surface area contributed by atoms with Crippen LogP contribution in [0.15, 0.2) is 36.5 Å². The summed E-state index contributed by atoms with van der Waals surface area (Å²) in [6.45, 7) is 1.18. The van der Waals surface area contributed by atoms with Gasteiger partial charge in [-0.3, -0.25) is 4.79 Å². The van der Waals surface area contributed by atoms with Crippen molar-refractivity contribution in [3.63, 3.8) is 0 Å². The number of hydrogen-bond donors (Lipinski definition) is 2. The second-order valence-corrected chi connectivity index (χ2v) is 5.63. The Hall–Kier alpha value is -1.82. The fraction of sp³-hybridized carbons (Fsp3) is 0.250. The van der Waals surface area contributed by atoms with Crippen LogP contribution in [0.25, 0.3) is 0 Å². The van der Waals surface area contributed by atoms with Gasteiger partial charge in [0.1, 0.15) is 5.82 Å². The Morgan fingerprint density at radius 2 is 2.09 bits per heavy atom. The molecule has 1 aromatic heterocycles. The lowest BCUT2D eigenvalue weighted by atomic mass is 10.2. The zero-order chi connectivity index (χ0) is 16.7. The van der Waals surface area contributed by atoms with Crippen LogP contribution in [0.5, 0.6) is 0 Å². The zero-order valence-corrected chi connectivity index (χ0v) is 14.1. The molecule has 0 radical (unpaired) electrons. The topological polar surface area (TPSA) is 63.2 Å². The molecule has 0 spiro atoms. The maximum atomic E-state index is 11.9. The number of methoxy groups -OCH3 is 1. The van der Waals surface area contributed by atoms with E-state index >= 15 is 0 Å². The van der Waals surface area contributed by atoms with Crippen molar-refractivity contribution < 1.29 is 9.53 Å². The maximum absolute atomic E-state index is 11.9. The van der Waals surface area contributed by atoms with Gasteiger partial charge in [0, 0.05) is 31.5 Å². The summed E-state index contributed by atoms with van der Waals surface area (Å²) >= 11 is 12.0. The van der Waals surface area contributed by atoms with E-state index in [1.54, 1.807) is 37.4 Å². The minimum atomic E-state index is -0.162. The number of amides is 1. The molecule has 0 bridgehead atoms. The molecular formula is C16H17Cl2N3O2. The van der Waals surface area contributed by atoms with E-state index in [1.807, 2.05) is 0 Å². The van der Waals surface area contributed by atoms with Crippen LogP contribution in [-0.2, 0) is 4.74 Å². The van der Waals surface area contributed by atoms with Crippen molar-refractivity contribution in [1.29, 1.82) is 0 Å². The molecule has 0 atom stereocenters. The van der Waals surface area contributed by atoms with Crippen LogP contribution in [0.1, 0.15) is 16.8 Å². The molecule has 2 N–H and O–H groups in total. The van der Waals surface area contributed by atoms with Gasteiger partial charge in [-0.1, -0.05) is 23.2 Å². The van der Waals surface area contributed by atoms with E-state index in [4.69, 9.17) is 27.9 Å². The highest BCUT2D eigenvalue weighted by atomic mass is 35.5. The number of nitrogens with zero attached hydrogens (tertiary/aromatic N) is 1. The predicted molar refractivity (Wildman–Crippen MR) is 92.8 cm³/mol. The standard InChI is InChI=1S/C16H17Cl2N3O2/c1-23-8-2-7-19-16(22)11-3-6-15(20-10-11)21-14-5-4-12(17)9-13(14)18/h3-6,9-10H,2,7-8H2,1H3,(H,19,22)(H,20,21). The average Bonchev–Trinajstić information content (AvgIpc) is 2.55. The first kappa shape index (κ1) is 17.5. The minimum absolute atomic E-state index is 0.162. The first-order chi connectivity index (χ1) is 11.1. The van der Waals surface area contributed by atoms with Crippen molar-refractivity contribution in [3.8, 4) is 0 Å². The van der Waals surface area contributed by atoms with Crippen molar-refractivity contribution >= 4 is 40.6 Å². The first-order valence-electron chi connectivity index (χ1n) is 7.05. The summed E-state index contributed by atoms with van der Waals surface area (Å²) in [5, 5.41) is 6.94. The molecule has 2 rings (SSSR count). The number of pyridine rings is 1. The van der Waals surface area contributed by atoms with E-state index in [0.717, 1.165) is 6.42 Å². The third kappa shape index (κ3) is 5.39. The SMILES string of the molecule is COCCCNC(=O)c1ccc(Nc2ccc(Cl)cc2Cl)nc1. The molecular weight excluding hydrogens is 337 g/mol. The molecule has 0 unspecified atom stereocenters. The lowest BCUT2D eigenvalue weighted by molar-refractivity contribution is 0.0948. The Balaban J connectivity index is 1.95. The van der Waals surface area contributed by atoms with Gasteiger partial charge in [-0.25, -0.2) is 4.98 Å². The second-order valence-electron chi connectivity index (χ2n) is 4.78. The van der Waals surface area contributed by atoms with Crippen LogP contribution < -0.4 is 10.6 Å². The minimum Gasteiger partial charge on any atom is -0.385 e. The van der Waals surface area contributed by atoms with E-state index in [2.05, 4.69) is 15.6 Å². The molecule has 5 nitrogen and oxygen atoms in total. The average molecular weight is 354 g/mol. The number of rotatable bonds is 7. The Bertz CT molecular complexity index is 663. The Morgan fingerprint density at radius 3 is 2.74 bits per heavy atom. The molecule has 0 aliphatic rings. The van der Waals surface area contributed by atoms with Gasteiger partial charge in [0.15, 0.2) is 0 Å². The fourth-order valence-corrected chi connectivity index (χ4v) is 2.31. The van der Waals surface area contributed by atoms with Gasteiger partial charge in [0.25, 0.3) is 5.91 Å². The maximum Gasteiger partial charge on any atom is 0.252 e. The third-order valence-corrected chi connectivity index (χ3v) is 3.58. The quantitative estimate of drug-likeness (QED) is 0.741. The molecule has 1 amide bonds. The lowest BCUT2D eigenvalue weighted by Gasteiger charge is -2.09. The lowest BCUT2D eigenvalue weighted by Crippen LogP contribution is -2.25. The molecule has 7 heteroatoms. The smallest absolute Gasteiger partial charge is 0.252 e. The van der Waals surface area contributed by atoms with Crippen LogP contribution in [-0.4, -0.2) is 31.2 Å². The summed E-state index contributed by atoms with van der Waals surface area (Å²) in [5.74, 6) is 0.426. The van der Waals surface area contributed by atoms with Crippen LogP contribution in [0.2, 0.25) is 10.0 Å². The number of benzene rings is 1. The highest BCUT2D eigenvalue weighted by Gasteiger charge is 2.07. The molecule has 0 aliphatic heterocycles. The van der Waals surface area contributed by atoms with Gasteiger partial charge < -0.3 is 15.4 Å². The molecule has 2 aromatic rings. The normalized spacial score (nSPS) is 10.4. The first-order valence-corrected chi connectivity index (χ1v) is 7.81. The Morgan fingerprint density at radius 1 is 1.26 bits per heavy atom. The summed E-state index contributed by atoms with van der Waals surface area (Å²) in [6.07, 6.45) is 2.28. The number of carbonyl (C=O) groups is 1. The predicted octanol–water partition coefficient (Wildman–Crippen LogP) is 3.90. The van der Waals surface area contributed by atoms with E-state index in [0.29, 0.717) is 40.3 Å². The number of nitrogens with one attached hydrogen (secondary N) is 2. The summed E-state index contributed by atoms with van der Waals surface area (Å²) in [7, 11) is 1.63. The molecule has 23 heavy (non-hydrogen) atoms. The molecule has 0 fully saturated rings. The van der Waals surface area contributed by atoms with Crippen LogP contribution >= 0.6 is 23.2 Å². The number of carbonyl (C=O) groups excluding carboxylic acids is 1.